The van der Waals surface area contributed by atoms with Gasteiger partial charge in [-0.15, -0.1) is 0 Å². The maximum absolute atomic E-state index is 5.86. The Kier molecular flexibility index (Phi) is 4.51. The van der Waals surface area contributed by atoms with Gasteiger partial charge in [-0.05, 0) is 61.7 Å². The first kappa shape index (κ1) is 14.3. The normalized spacial score (nSPS) is 10.3. The Balaban J connectivity index is 1.86. The van der Waals surface area contributed by atoms with E-state index in [1.807, 2.05) is 37.3 Å². The summed E-state index contributed by atoms with van der Waals surface area (Å²) in [6.45, 7) is 7.10. The van der Waals surface area contributed by atoms with Crippen LogP contribution in [0.2, 0.25) is 0 Å². The molecule has 0 radical (unpaired) electrons. The van der Waals surface area contributed by atoms with Crippen LogP contribution in [0.25, 0.3) is 0 Å². The molecule has 3 nitrogen and oxygen atoms in total. The quantitative estimate of drug-likeness (QED) is 0.667. The van der Waals surface area contributed by atoms with Gasteiger partial charge in [-0.25, -0.2) is 0 Å². The molecular formula is C17H21NO2. The zero-order valence-electron chi connectivity index (χ0n) is 12.3. The second-order valence-electron chi connectivity index (χ2n) is 5.06. The summed E-state index contributed by atoms with van der Waals surface area (Å²) in [5.41, 5.74) is 10.0. The average Bonchev–Trinajstić information content (AvgIpc) is 2.37. The summed E-state index contributed by atoms with van der Waals surface area (Å²) in [6.07, 6.45) is 0. The number of nitrogen functional groups attached to an aromatic ring is 1. The van der Waals surface area contributed by atoms with Gasteiger partial charge in [-0.3, -0.25) is 0 Å². The maximum Gasteiger partial charge on any atom is 0.142 e. The van der Waals surface area contributed by atoms with Gasteiger partial charge in [0.2, 0.25) is 0 Å². The van der Waals surface area contributed by atoms with E-state index in [2.05, 4.69) is 19.9 Å². The number of hydrogen-bond donors (Lipinski definition) is 1. The summed E-state index contributed by atoms with van der Waals surface area (Å²) in [5.74, 6) is 1.59. The minimum atomic E-state index is 0.473. The van der Waals surface area contributed by atoms with Crippen LogP contribution in [0.5, 0.6) is 11.5 Å². The van der Waals surface area contributed by atoms with E-state index in [4.69, 9.17) is 15.2 Å². The van der Waals surface area contributed by atoms with E-state index >= 15 is 0 Å². The summed E-state index contributed by atoms with van der Waals surface area (Å²) >= 11 is 0. The number of aryl methyl sites for hydroxylation is 3. The fraction of sp³-hybridized carbons (Fsp3) is 0.294. The molecule has 0 aliphatic carbocycles. The largest absolute Gasteiger partial charge is 0.490 e. The van der Waals surface area contributed by atoms with Crippen molar-refractivity contribution >= 4 is 5.69 Å². The fourth-order valence-electron chi connectivity index (χ4n) is 2.09. The van der Waals surface area contributed by atoms with Gasteiger partial charge in [0.15, 0.2) is 0 Å². The van der Waals surface area contributed by atoms with E-state index < -0.39 is 0 Å². The average molecular weight is 271 g/mol. The van der Waals surface area contributed by atoms with Crippen molar-refractivity contribution in [2.75, 3.05) is 18.9 Å². The molecule has 0 aromatic heterocycles. The molecule has 0 spiro atoms. The third-order valence-corrected chi connectivity index (χ3v) is 2.97. The Labute approximate surface area is 120 Å². The highest BCUT2D eigenvalue weighted by Crippen LogP contribution is 2.22. The zero-order valence-corrected chi connectivity index (χ0v) is 12.3. The Hall–Kier alpha value is -2.16. The smallest absolute Gasteiger partial charge is 0.142 e. The first-order valence-electron chi connectivity index (χ1n) is 6.74. The van der Waals surface area contributed by atoms with Gasteiger partial charge >= 0.3 is 0 Å². The number of anilines is 1. The van der Waals surface area contributed by atoms with Crippen LogP contribution in [0, 0.1) is 20.8 Å². The highest BCUT2D eigenvalue weighted by atomic mass is 16.5. The topological polar surface area (TPSA) is 44.5 Å². The number of benzene rings is 2. The molecule has 2 rings (SSSR count). The third-order valence-electron chi connectivity index (χ3n) is 2.97. The van der Waals surface area contributed by atoms with Gasteiger partial charge in [0.05, 0.1) is 5.69 Å². The number of hydrogen-bond acceptors (Lipinski definition) is 3. The molecule has 0 heterocycles. The molecule has 0 saturated carbocycles. The Bertz CT molecular complexity index is 573. The van der Waals surface area contributed by atoms with Gasteiger partial charge < -0.3 is 15.2 Å². The van der Waals surface area contributed by atoms with E-state index in [-0.39, 0.29) is 0 Å². The Morgan fingerprint density at radius 3 is 2.15 bits per heavy atom. The van der Waals surface area contributed by atoms with Crippen LogP contribution in [0.1, 0.15) is 16.7 Å². The summed E-state index contributed by atoms with van der Waals surface area (Å²) in [5, 5.41) is 0. The molecular weight excluding hydrogens is 250 g/mol. The highest BCUT2D eigenvalue weighted by molar-refractivity contribution is 5.53. The lowest BCUT2D eigenvalue weighted by Gasteiger charge is -2.11. The molecule has 106 valence electrons. The molecule has 0 bridgehead atoms. The molecule has 0 unspecified atom stereocenters. The number of rotatable bonds is 5. The molecule has 2 N–H and O–H groups in total. The Morgan fingerprint density at radius 2 is 1.45 bits per heavy atom. The minimum Gasteiger partial charge on any atom is -0.490 e. The van der Waals surface area contributed by atoms with Crippen LogP contribution in [0.3, 0.4) is 0 Å². The maximum atomic E-state index is 5.86. The van der Waals surface area contributed by atoms with Crippen molar-refractivity contribution < 1.29 is 9.47 Å². The van der Waals surface area contributed by atoms with Crippen molar-refractivity contribution in [2.24, 2.45) is 0 Å². The fourth-order valence-corrected chi connectivity index (χ4v) is 2.09. The second kappa shape index (κ2) is 6.33. The Morgan fingerprint density at radius 1 is 0.800 bits per heavy atom. The molecule has 2 aromatic carbocycles. The predicted molar refractivity (Wildman–Crippen MR) is 82.5 cm³/mol. The summed E-state index contributed by atoms with van der Waals surface area (Å²) in [6, 6.07) is 11.9. The van der Waals surface area contributed by atoms with Crippen molar-refractivity contribution in [3.05, 3.63) is 53.1 Å². The van der Waals surface area contributed by atoms with Crippen LogP contribution in [-0.2, 0) is 0 Å². The van der Waals surface area contributed by atoms with Crippen molar-refractivity contribution in [2.45, 2.75) is 20.8 Å². The lowest BCUT2D eigenvalue weighted by atomic mass is 10.1. The van der Waals surface area contributed by atoms with E-state index in [0.29, 0.717) is 24.7 Å². The van der Waals surface area contributed by atoms with Crippen LogP contribution in [0.4, 0.5) is 5.69 Å². The summed E-state index contributed by atoms with van der Waals surface area (Å²) in [4.78, 5) is 0. The molecule has 0 aliphatic heterocycles. The van der Waals surface area contributed by atoms with Crippen molar-refractivity contribution in [1.82, 2.24) is 0 Å². The lowest BCUT2D eigenvalue weighted by Crippen LogP contribution is -2.10. The van der Waals surface area contributed by atoms with Crippen molar-refractivity contribution in [3.8, 4) is 11.5 Å². The first-order chi connectivity index (χ1) is 9.54. The first-order valence-corrected chi connectivity index (χ1v) is 6.74. The van der Waals surface area contributed by atoms with E-state index in [0.717, 1.165) is 11.3 Å². The number of nitrogens with two attached hydrogens (primary N) is 1. The minimum absolute atomic E-state index is 0.473. The standard InChI is InChI=1S/C17H21NO2/c1-12-4-5-16(18)17(11-12)20-7-6-19-15-9-13(2)8-14(3)10-15/h4-5,8-11H,6-7,18H2,1-3H3. The van der Waals surface area contributed by atoms with Crippen LogP contribution < -0.4 is 15.2 Å². The highest BCUT2D eigenvalue weighted by Gasteiger charge is 2.01. The SMILES string of the molecule is Cc1cc(C)cc(OCCOc2cc(C)ccc2N)c1. The number of ether oxygens (including phenoxy) is 2. The molecule has 0 aliphatic rings. The molecule has 20 heavy (non-hydrogen) atoms. The molecule has 0 saturated heterocycles. The van der Waals surface area contributed by atoms with Crippen molar-refractivity contribution in [3.63, 3.8) is 0 Å². The van der Waals surface area contributed by atoms with Gasteiger partial charge in [-0.2, -0.15) is 0 Å². The van der Waals surface area contributed by atoms with Gasteiger partial charge in [0.1, 0.15) is 24.7 Å². The summed E-state index contributed by atoms with van der Waals surface area (Å²) < 4.78 is 11.3. The van der Waals surface area contributed by atoms with Gasteiger partial charge in [-0.1, -0.05) is 12.1 Å². The van der Waals surface area contributed by atoms with Gasteiger partial charge in [0.25, 0.3) is 0 Å². The van der Waals surface area contributed by atoms with Crippen LogP contribution in [-0.4, -0.2) is 13.2 Å². The van der Waals surface area contributed by atoms with E-state index in [1.54, 1.807) is 0 Å². The second-order valence-corrected chi connectivity index (χ2v) is 5.06. The zero-order chi connectivity index (χ0) is 14.5. The monoisotopic (exact) mass is 271 g/mol. The molecule has 0 atom stereocenters. The van der Waals surface area contributed by atoms with E-state index in [9.17, 15) is 0 Å². The van der Waals surface area contributed by atoms with Gasteiger partial charge in [0, 0.05) is 0 Å². The predicted octanol–water partition coefficient (Wildman–Crippen LogP) is 3.65. The van der Waals surface area contributed by atoms with Crippen molar-refractivity contribution in [1.29, 1.82) is 0 Å². The third kappa shape index (κ3) is 3.92. The van der Waals surface area contributed by atoms with Crippen LogP contribution in [0.15, 0.2) is 36.4 Å². The lowest BCUT2D eigenvalue weighted by molar-refractivity contribution is 0.217. The molecule has 0 fully saturated rings. The summed E-state index contributed by atoms with van der Waals surface area (Å²) in [7, 11) is 0. The molecule has 3 heteroatoms. The van der Waals surface area contributed by atoms with Crippen LogP contribution >= 0.6 is 0 Å². The van der Waals surface area contributed by atoms with E-state index in [1.165, 1.54) is 11.1 Å². The molecule has 2 aromatic rings. The molecule has 0 amide bonds.